The van der Waals surface area contributed by atoms with Crippen LogP contribution in [0.1, 0.15) is 187 Å². The second-order valence-electron chi connectivity index (χ2n) is 20.1. The van der Waals surface area contributed by atoms with E-state index in [2.05, 4.69) is 111 Å². The Labute approximate surface area is 458 Å². The summed E-state index contributed by atoms with van der Waals surface area (Å²) in [6.07, 6.45) is 47.5. The lowest BCUT2D eigenvalue weighted by Gasteiger charge is -2.42. The zero-order chi connectivity index (χ0) is 55.1. The summed E-state index contributed by atoms with van der Waals surface area (Å²) in [4.78, 5) is 13.1. The summed E-state index contributed by atoms with van der Waals surface area (Å²) < 4.78 is 34.3. The van der Waals surface area contributed by atoms with E-state index in [-0.39, 0.29) is 19.6 Å². The maximum Gasteiger partial charge on any atom is 0.306 e. The van der Waals surface area contributed by atoms with Gasteiger partial charge >= 0.3 is 5.97 Å². The normalized spacial score (nSPS) is 25.2. The van der Waals surface area contributed by atoms with Gasteiger partial charge in [-0.15, -0.1) is 0 Å². The molecule has 2 saturated heterocycles. The van der Waals surface area contributed by atoms with E-state index in [0.29, 0.717) is 13.0 Å². The van der Waals surface area contributed by atoms with Crippen molar-refractivity contribution in [1.82, 2.24) is 0 Å². The van der Waals surface area contributed by atoms with E-state index in [4.69, 9.17) is 28.4 Å². The molecule has 0 bridgehead atoms. The maximum absolute atomic E-state index is 13.1. The van der Waals surface area contributed by atoms with Crippen LogP contribution >= 0.6 is 0 Å². The minimum atomic E-state index is -1.72. The number of carbonyl (C=O) groups excluding carboxylic acids is 1. The average molecular weight is 1070 g/mol. The monoisotopic (exact) mass is 1070 g/mol. The molecule has 2 rings (SSSR count). The Morgan fingerprint density at radius 1 is 0.447 bits per heavy atom. The van der Waals surface area contributed by atoms with Crippen molar-refractivity contribution in [1.29, 1.82) is 0 Å². The van der Waals surface area contributed by atoms with Crippen molar-refractivity contribution in [3.63, 3.8) is 0 Å². The van der Waals surface area contributed by atoms with E-state index in [1.54, 1.807) is 0 Å². The summed E-state index contributed by atoms with van der Waals surface area (Å²) in [5.41, 5.74) is 0. The van der Waals surface area contributed by atoms with Crippen LogP contribution in [-0.2, 0) is 33.2 Å². The fourth-order valence-electron chi connectivity index (χ4n) is 8.61. The molecule has 0 saturated carbocycles. The van der Waals surface area contributed by atoms with Gasteiger partial charge in [0.1, 0.15) is 54.9 Å². The first-order chi connectivity index (χ1) is 37.1. The van der Waals surface area contributed by atoms with Crippen molar-refractivity contribution in [2.45, 2.75) is 255 Å². The molecule has 0 radical (unpaired) electrons. The SMILES string of the molecule is CC/C=C\C/C=C\C/C=C\C/C=C\C/C=C\C/C=C\C/C=C\CCCCCCOCC(COC1OC(COC2OC(CO)C(O)C(O)C2O)C(O)C(O)C1O)OC(=O)CCCCCCC/C=C\CCCCCCCCC. The first-order valence-corrected chi connectivity index (χ1v) is 29.3. The van der Waals surface area contributed by atoms with Crippen molar-refractivity contribution in [3.05, 3.63) is 97.2 Å². The Hall–Kier alpha value is -3.09. The van der Waals surface area contributed by atoms with Gasteiger partial charge < -0.3 is 64.2 Å². The number of hydrogen-bond donors (Lipinski definition) is 7. The lowest BCUT2D eigenvalue weighted by Crippen LogP contribution is -2.61. The molecule has 76 heavy (non-hydrogen) atoms. The van der Waals surface area contributed by atoms with Crippen LogP contribution in [0.4, 0.5) is 0 Å². The van der Waals surface area contributed by atoms with Gasteiger partial charge in [0, 0.05) is 13.0 Å². The number of hydrogen-bond acceptors (Lipinski definition) is 14. The predicted octanol–water partition coefficient (Wildman–Crippen LogP) is 10.6. The molecule has 0 aromatic rings. The Morgan fingerprint density at radius 2 is 0.855 bits per heavy atom. The van der Waals surface area contributed by atoms with Crippen LogP contribution in [0.5, 0.6) is 0 Å². The smallest absolute Gasteiger partial charge is 0.306 e. The second-order valence-corrected chi connectivity index (χ2v) is 20.1. The molecule has 2 fully saturated rings. The topological polar surface area (TPSA) is 214 Å². The van der Waals surface area contributed by atoms with Crippen LogP contribution in [0.2, 0.25) is 0 Å². The molecular weight excluding hydrogens is 969 g/mol. The highest BCUT2D eigenvalue weighted by Crippen LogP contribution is 2.26. The minimum absolute atomic E-state index is 0.0349. The molecule has 0 aliphatic carbocycles. The lowest BCUT2D eigenvalue weighted by molar-refractivity contribution is -0.332. The molecular formula is C62H104O14. The molecule has 0 spiro atoms. The number of aliphatic hydroxyl groups is 7. The zero-order valence-corrected chi connectivity index (χ0v) is 46.7. The summed E-state index contributed by atoms with van der Waals surface area (Å²) in [6.45, 7) is 3.48. The van der Waals surface area contributed by atoms with Crippen LogP contribution in [0, 0.1) is 0 Å². The number of unbranched alkanes of at least 4 members (excludes halogenated alkanes) is 16. The van der Waals surface area contributed by atoms with Gasteiger partial charge in [0.05, 0.1) is 26.4 Å². The number of aliphatic hydroxyl groups excluding tert-OH is 7. The zero-order valence-electron chi connectivity index (χ0n) is 46.7. The summed E-state index contributed by atoms with van der Waals surface area (Å²) in [7, 11) is 0. The predicted molar refractivity (Wildman–Crippen MR) is 302 cm³/mol. The lowest BCUT2D eigenvalue weighted by atomic mass is 9.98. The fourth-order valence-corrected chi connectivity index (χ4v) is 8.61. The van der Waals surface area contributed by atoms with Crippen LogP contribution in [0.25, 0.3) is 0 Å². The quantitative estimate of drug-likeness (QED) is 0.0172. The minimum Gasteiger partial charge on any atom is -0.457 e. The van der Waals surface area contributed by atoms with E-state index in [1.165, 1.54) is 44.9 Å². The molecule has 2 aliphatic rings. The van der Waals surface area contributed by atoms with Crippen LogP contribution in [0.3, 0.4) is 0 Å². The Balaban J connectivity index is 1.73. The van der Waals surface area contributed by atoms with Crippen LogP contribution in [0.15, 0.2) is 97.2 Å². The van der Waals surface area contributed by atoms with E-state index in [1.807, 2.05) is 0 Å². The molecule has 0 aromatic carbocycles. The highest BCUT2D eigenvalue weighted by atomic mass is 16.7. The van der Waals surface area contributed by atoms with E-state index < -0.39 is 86.7 Å². The standard InChI is InChI=1S/C62H104O14/c1-3-5-7-9-11-13-15-17-19-21-22-23-24-25-26-27-28-29-30-32-34-36-38-40-42-44-46-71-48-51(74-54(64)45-43-41-39-37-35-33-31-20-18-16-14-12-10-8-6-4-2)49-72-61-60(70)58(68)56(66)53(76-61)50-73-62-59(69)57(67)55(65)52(47-63)75-62/h5,7,11,13,17,19-20,22-23,25-26,28-29,31-32,34,51-53,55-63,65-70H,3-4,6,8-10,12,14-16,18,21,24,27,30,33,35-50H2,1-2H3/b7-5-,13-11-,19-17-,23-22-,26-25-,29-28-,31-20-,34-32-. The molecule has 0 amide bonds. The van der Waals surface area contributed by atoms with E-state index >= 15 is 0 Å². The molecule has 14 nitrogen and oxygen atoms in total. The second kappa shape index (κ2) is 47.9. The van der Waals surface area contributed by atoms with Gasteiger partial charge in [-0.25, -0.2) is 0 Å². The summed E-state index contributed by atoms with van der Waals surface area (Å²) in [6, 6.07) is 0. The van der Waals surface area contributed by atoms with Crippen molar-refractivity contribution in [2.75, 3.05) is 33.0 Å². The molecule has 2 aliphatic heterocycles. The van der Waals surface area contributed by atoms with Crippen LogP contribution in [-0.4, -0.2) is 142 Å². The summed E-state index contributed by atoms with van der Waals surface area (Å²) in [5, 5.41) is 72.3. The highest BCUT2D eigenvalue weighted by molar-refractivity contribution is 5.69. The number of allylic oxidation sites excluding steroid dienone is 16. The average Bonchev–Trinajstić information content (AvgIpc) is 3.42. The van der Waals surface area contributed by atoms with Gasteiger partial charge in [0.15, 0.2) is 12.6 Å². The number of ether oxygens (including phenoxy) is 6. The van der Waals surface area contributed by atoms with Gasteiger partial charge in [-0.05, 0) is 96.3 Å². The number of rotatable bonds is 46. The first-order valence-electron chi connectivity index (χ1n) is 29.3. The third-order valence-electron chi connectivity index (χ3n) is 13.3. The Morgan fingerprint density at radius 3 is 1.36 bits per heavy atom. The van der Waals surface area contributed by atoms with Crippen molar-refractivity contribution >= 4 is 5.97 Å². The fraction of sp³-hybridized carbons (Fsp3) is 0.726. The van der Waals surface area contributed by atoms with Gasteiger partial charge in [-0.3, -0.25) is 4.79 Å². The molecule has 14 heteroatoms. The molecule has 2 heterocycles. The molecule has 11 atom stereocenters. The van der Waals surface area contributed by atoms with Crippen molar-refractivity contribution in [3.8, 4) is 0 Å². The van der Waals surface area contributed by atoms with Crippen molar-refractivity contribution in [2.24, 2.45) is 0 Å². The van der Waals surface area contributed by atoms with Gasteiger partial charge in [0.25, 0.3) is 0 Å². The Bertz CT molecular complexity index is 1620. The van der Waals surface area contributed by atoms with Crippen LogP contribution < -0.4 is 0 Å². The van der Waals surface area contributed by atoms with Gasteiger partial charge in [0.2, 0.25) is 0 Å². The summed E-state index contributed by atoms with van der Waals surface area (Å²) in [5.74, 6) is -0.397. The maximum atomic E-state index is 13.1. The molecule has 11 unspecified atom stereocenters. The molecule has 7 N–H and O–H groups in total. The largest absolute Gasteiger partial charge is 0.457 e. The third kappa shape index (κ3) is 34.0. The number of esters is 1. The van der Waals surface area contributed by atoms with Crippen molar-refractivity contribution < 1.29 is 69.0 Å². The molecule has 0 aromatic heterocycles. The van der Waals surface area contributed by atoms with E-state index in [9.17, 15) is 40.5 Å². The number of carbonyl (C=O) groups is 1. The third-order valence-corrected chi connectivity index (χ3v) is 13.3. The van der Waals surface area contributed by atoms with Gasteiger partial charge in [-0.2, -0.15) is 0 Å². The highest BCUT2D eigenvalue weighted by Gasteiger charge is 2.47. The van der Waals surface area contributed by atoms with Gasteiger partial charge in [-0.1, -0.05) is 182 Å². The first kappa shape index (κ1) is 69.0. The summed E-state index contributed by atoms with van der Waals surface area (Å²) >= 11 is 0. The van der Waals surface area contributed by atoms with E-state index in [0.717, 1.165) is 116 Å². The molecule has 436 valence electrons. The Kier molecular flexibility index (Phi) is 43.5.